The molecule has 0 fully saturated rings. The summed E-state index contributed by atoms with van der Waals surface area (Å²) < 4.78 is 27.1. The zero-order chi connectivity index (χ0) is 19.9. The number of rotatable bonds is 9. The van der Waals surface area contributed by atoms with Crippen LogP contribution in [0.5, 0.6) is 0 Å². The molecule has 0 heterocycles. The molecule has 0 radical (unpaired) electrons. The fourth-order valence-corrected chi connectivity index (χ4v) is 3.65. The molecule has 0 aliphatic rings. The summed E-state index contributed by atoms with van der Waals surface area (Å²) in [7, 11) is 0.322. The minimum absolute atomic E-state index is 0.155. The monoisotopic (exact) mass is 389 g/mol. The normalized spacial score (nSPS) is 11.6. The highest BCUT2D eigenvalue weighted by molar-refractivity contribution is 7.89. The van der Waals surface area contributed by atoms with E-state index in [1.54, 1.807) is 0 Å². The number of benzene rings is 2. The van der Waals surface area contributed by atoms with Crippen molar-refractivity contribution in [3.05, 3.63) is 65.2 Å². The van der Waals surface area contributed by atoms with Crippen molar-refractivity contribution >= 4 is 15.9 Å². The third-order valence-corrected chi connectivity index (χ3v) is 5.51. The average molecular weight is 390 g/mol. The smallest absolute Gasteiger partial charge is 0.251 e. The van der Waals surface area contributed by atoms with E-state index in [-0.39, 0.29) is 10.8 Å². The van der Waals surface area contributed by atoms with E-state index in [4.69, 9.17) is 0 Å². The number of hydrogen-bond donors (Lipinski definition) is 2. The van der Waals surface area contributed by atoms with Gasteiger partial charge in [0.05, 0.1) is 4.90 Å². The molecule has 0 aromatic heterocycles. The molecule has 0 saturated heterocycles. The molecule has 2 aromatic carbocycles. The average Bonchev–Trinajstić information content (AvgIpc) is 2.63. The van der Waals surface area contributed by atoms with Crippen molar-refractivity contribution in [2.45, 2.75) is 24.8 Å². The maximum absolute atomic E-state index is 12.3. The van der Waals surface area contributed by atoms with E-state index in [1.807, 2.05) is 50.2 Å². The Balaban J connectivity index is 1.92. The molecule has 146 valence electrons. The number of sulfonamides is 1. The van der Waals surface area contributed by atoms with Gasteiger partial charge in [-0.3, -0.25) is 4.79 Å². The Kier molecular flexibility index (Phi) is 7.53. The maximum Gasteiger partial charge on any atom is 0.251 e. The fourth-order valence-electron chi connectivity index (χ4n) is 2.58. The first-order valence-electron chi connectivity index (χ1n) is 8.86. The van der Waals surface area contributed by atoms with Gasteiger partial charge >= 0.3 is 0 Å². The summed E-state index contributed by atoms with van der Waals surface area (Å²) in [5.74, 6) is -0.237. The molecule has 2 N–H and O–H groups in total. The van der Waals surface area contributed by atoms with Gasteiger partial charge < -0.3 is 10.2 Å². The zero-order valence-corrected chi connectivity index (χ0v) is 16.8. The van der Waals surface area contributed by atoms with Gasteiger partial charge in [-0.25, -0.2) is 13.1 Å². The Morgan fingerprint density at radius 2 is 1.78 bits per heavy atom. The summed E-state index contributed by atoms with van der Waals surface area (Å²) >= 11 is 0. The third-order valence-electron chi connectivity index (χ3n) is 4.04. The quantitative estimate of drug-likeness (QED) is 0.644. The van der Waals surface area contributed by atoms with Crippen LogP contribution in [0.2, 0.25) is 0 Å². The molecule has 1 amide bonds. The predicted molar refractivity (Wildman–Crippen MR) is 107 cm³/mol. The van der Waals surface area contributed by atoms with Crippen LogP contribution < -0.4 is 10.0 Å². The van der Waals surface area contributed by atoms with Crippen LogP contribution in [-0.2, 0) is 16.6 Å². The van der Waals surface area contributed by atoms with Crippen LogP contribution in [0.1, 0.15) is 27.9 Å². The largest absolute Gasteiger partial charge is 0.348 e. The fraction of sp³-hybridized carbons (Fsp3) is 0.350. The van der Waals surface area contributed by atoms with Crippen LogP contribution in [0.3, 0.4) is 0 Å². The lowest BCUT2D eigenvalue weighted by molar-refractivity contribution is 0.0951. The highest BCUT2D eigenvalue weighted by Gasteiger charge is 2.14. The third kappa shape index (κ3) is 6.78. The lowest BCUT2D eigenvalue weighted by atomic mass is 10.1. The molecule has 6 nitrogen and oxygen atoms in total. The van der Waals surface area contributed by atoms with Crippen molar-refractivity contribution in [3.63, 3.8) is 0 Å². The minimum atomic E-state index is -3.56. The Labute approximate surface area is 161 Å². The molecule has 0 saturated carbocycles. The first-order chi connectivity index (χ1) is 12.8. The van der Waals surface area contributed by atoms with E-state index in [0.717, 1.165) is 24.1 Å². The summed E-state index contributed by atoms with van der Waals surface area (Å²) in [6.45, 7) is 3.61. The molecule has 0 bridgehead atoms. The molecule has 0 aliphatic carbocycles. The van der Waals surface area contributed by atoms with Gasteiger partial charge in [0, 0.05) is 18.7 Å². The van der Waals surface area contributed by atoms with Crippen LogP contribution in [0, 0.1) is 6.92 Å². The summed E-state index contributed by atoms with van der Waals surface area (Å²) in [6.07, 6.45) is 0.728. The summed E-state index contributed by atoms with van der Waals surface area (Å²) in [5, 5.41) is 2.84. The Hall–Kier alpha value is -2.22. The summed E-state index contributed by atoms with van der Waals surface area (Å²) in [6, 6.07) is 13.9. The SMILES string of the molecule is Cc1cccc(CNC(=O)c2ccc(S(=O)(=O)NCCCN(C)C)cc2)c1. The van der Waals surface area contributed by atoms with E-state index in [1.165, 1.54) is 24.3 Å². The molecular weight excluding hydrogens is 362 g/mol. The number of aryl methyl sites for hydroxylation is 1. The van der Waals surface area contributed by atoms with E-state index >= 15 is 0 Å². The second-order valence-corrected chi connectivity index (χ2v) is 8.52. The first kappa shape index (κ1) is 21.1. The molecule has 0 aliphatic heterocycles. The number of hydrogen-bond acceptors (Lipinski definition) is 4. The van der Waals surface area contributed by atoms with Gasteiger partial charge in [0.25, 0.3) is 5.91 Å². The van der Waals surface area contributed by atoms with Gasteiger partial charge in [-0.15, -0.1) is 0 Å². The topological polar surface area (TPSA) is 78.5 Å². The van der Waals surface area contributed by atoms with Crippen molar-refractivity contribution in [1.82, 2.24) is 14.9 Å². The minimum Gasteiger partial charge on any atom is -0.348 e. The molecular formula is C20H27N3O3S. The second kappa shape index (κ2) is 9.64. The lowest BCUT2D eigenvalue weighted by Gasteiger charge is -2.11. The number of nitrogens with one attached hydrogen (secondary N) is 2. The number of nitrogens with zero attached hydrogens (tertiary/aromatic N) is 1. The van der Waals surface area contributed by atoms with Gasteiger partial charge in [0.2, 0.25) is 10.0 Å². The van der Waals surface area contributed by atoms with Crippen molar-refractivity contribution in [3.8, 4) is 0 Å². The van der Waals surface area contributed by atoms with Crippen molar-refractivity contribution in [1.29, 1.82) is 0 Å². The predicted octanol–water partition coefficient (Wildman–Crippen LogP) is 2.16. The molecule has 2 rings (SSSR count). The van der Waals surface area contributed by atoms with E-state index in [9.17, 15) is 13.2 Å². The number of carbonyl (C=O) groups excluding carboxylic acids is 1. The number of amides is 1. The van der Waals surface area contributed by atoms with Gasteiger partial charge in [-0.2, -0.15) is 0 Å². The highest BCUT2D eigenvalue weighted by Crippen LogP contribution is 2.11. The van der Waals surface area contributed by atoms with E-state index in [0.29, 0.717) is 18.7 Å². The molecule has 7 heteroatoms. The Morgan fingerprint density at radius 1 is 1.07 bits per heavy atom. The van der Waals surface area contributed by atoms with Crippen LogP contribution in [-0.4, -0.2) is 46.4 Å². The zero-order valence-electron chi connectivity index (χ0n) is 16.0. The molecule has 0 unspecified atom stereocenters. The highest BCUT2D eigenvalue weighted by atomic mass is 32.2. The Bertz CT molecular complexity index is 862. The van der Waals surface area contributed by atoms with Crippen molar-refractivity contribution < 1.29 is 13.2 Å². The summed E-state index contributed by atoms with van der Waals surface area (Å²) in [4.78, 5) is 14.4. The van der Waals surface area contributed by atoms with Gasteiger partial charge in [0.1, 0.15) is 0 Å². The number of carbonyl (C=O) groups is 1. The van der Waals surface area contributed by atoms with Crippen molar-refractivity contribution in [2.24, 2.45) is 0 Å². The van der Waals surface area contributed by atoms with Crippen LogP contribution in [0.15, 0.2) is 53.4 Å². The van der Waals surface area contributed by atoms with E-state index < -0.39 is 10.0 Å². The van der Waals surface area contributed by atoms with Crippen molar-refractivity contribution in [2.75, 3.05) is 27.2 Å². The van der Waals surface area contributed by atoms with Crippen LogP contribution >= 0.6 is 0 Å². The molecule has 0 spiro atoms. The van der Waals surface area contributed by atoms with Gasteiger partial charge in [-0.05, 0) is 63.8 Å². The Morgan fingerprint density at radius 3 is 2.41 bits per heavy atom. The first-order valence-corrected chi connectivity index (χ1v) is 10.3. The molecule has 2 aromatic rings. The van der Waals surface area contributed by atoms with Crippen LogP contribution in [0.4, 0.5) is 0 Å². The van der Waals surface area contributed by atoms with Crippen LogP contribution in [0.25, 0.3) is 0 Å². The van der Waals surface area contributed by atoms with Gasteiger partial charge in [-0.1, -0.05) is 29.8 Å². The lowest BCUT2D eigenvalue weighted by Crippen LogP contribution is -2.27. The van der Waals surface area contributed by atoms with Gasteiger partial charge in [0.15, 0.2) is 0 Å². The second-order valence-electron chi connectivity index (χ2n) is 6.75. The standard InChI is InChI=1S/C20H27N3O3S/c1-16-6-4-7-17(14-16)15-21-20(24)18-8-10-19(11-9-18)27(25,26)22-12-5-13-23(2)3/h4,6-11,14,22H,5,12-13,15H2,1-3H3,(H,21,24). The van der Waals surface area contributed by atoms with E-state index in [2.05, 4.69) is 10.0 Å². The maximum atomic E-state index is 12.3. The molecule has 0 atom stereocenters. The summed E-state index contributed by atoms with van der Waals surface area (Å²) in [5.41, 5.74) is 2.58. The molecule has 27 heavy (non-hydrogen) atoms.